The Labute approximate surface area is 93.8 Å². The summed E-state index contributed by atoms with van der Waals surface area (Å²) < 4.78 is 0. The number of aromatic nitrogens is 2. The van der Waals surface area contributed by atoms with E-state index in [1.54, 1.807) is 12.4 Å². The van der Waals surface area contributed by atoms with Crippen LogP contribution < -0.4 is 0 Å². The van der Waals surface area contributed by atoms with Gasteiger partial charge in [-0.2, -0.15) is 0 Å². The number of aliphatic hydroxyl groups is 1. The molecule has 1 N–H and O–H groups in total. The van der Waals surface area contributed by atoms with Crippen molar-refractivity contribution in [3.63, 3.8) is 0 Å². The molecule has 0 spiro atoms. The van der Waals surface area contributed by atoms with Crippen LogP contribution in [0, 0.1) is 0 Å². The van der Waals surface area contributed by atoms with Gasteiger partial charge in [0.25, 0.3) is 0 Å². The van der Waals surface area contributed by atoms with Crippen LogP contribution in [0.1, 0.15) is 28.4 Å². The van der Waals surface area contributed by atoms with Crippen LogP contribution in [0.15, 0.2) is 36.7 Å². The van der Waals surface area contributed by atoms with Crippen molar-refractivity contribution in [2.75, 3.05) is 0 Å². The lowest BCUT2D eigenvalue weighted by Crippen LogP contribution is -2.20. The monoisotopic (exact) mass is 212 g/mol. The highest BCUT2D eigenvalue weighted by atomic mass is 16.3. The molecule has 1 aliphatic carbocycles. The lowest BCUT2D eigenvalue weighted by molar-refractivity contribution is 0.280. The molecule has 80 valence electrons. The molecular weight excluding hydrogens is 200 g/mol. The smallest absolute Gasteiger partial charge is 0.136 e. The second-order valence-corrected chi connectivity index (χ2v) is 4.06. The Hall–Kier alpha value is -1.74. The van der Waals surface area contributed by atoms with Crippen LogP contribution in [-0.4, -0.2) is 15.1 Å². The summed E-state index contributed by atoms with van der Waals surface area (Å²) in [6.45, 7) is 0.00152. The molecule has 0 fully saturated rings. The molecule has 3 rings (SSSR count). The molecule has 16 heavy (non-hydrogen) atoms. The molecule has 1 aliphatic rings. The van der Waals surface area contributed by atoms with Crippen molar-refractivity contribution >= 4 is 0 Å². The quantitative estimate of drug-likeness (QED) is 0.823. The number of rotatable bonds is 2. The minimum atomic E-state index is 0.00152. The van der Waals surface area contributed by atoms with Gasteiger partial charge in [-0.1, -0.05) is 24.3 Å². The third kappa shape index (κ3) is 1.41. The molecule has 0 bridgehead atoms. The summed E-state index contributed by atoms with van der Waals surface area (Å²) in [5.41, 5.74) is 3.48. The average molecular weight is 212 g/mol. The molecule has 1 unspecified atom stereocenters. The molecule has 0 saturated heterocycles. The van der Waals surface area contributed by atoms with E-state index < -0.39 is 0 Å². The fourth-order valence-corrected chi connectivity index (χ4v) is 2.12. The standard InChI is InChI=1S/C13H12N2O/c16-8-9-6-14-13(15-7-9)12-5-10-3-1-2-4-11(10)12/h1-4,6-7,12,16H,5,8H2. The third-order valence-electron chi connectivity index (χ3n) is 3.07. The van der Waals surface area contributed by atoms with Crippen LogP contribution in [0.3, 0.4) is 0 Å². The van der Waals surface area contributed by atoms with Gasteiger partial charge in [0.15, 0.2) is 0 Å². The topological polar surface area (TPSA) is 46.0 Å². The number of hydrogen-bond donors (Lipinski definition) is 1. The van der Waals surface area contributed by atoms with Gasteiger partial charge >= 0.3 is 0 Å². The first-order valence-electron chi connectivity index (χ1n) is 5.38. The van der Waals surface area contributed by atoms with E-state index in [9.17, 15) is 0 Å². The fraction of sp³-hybridized carbons (Fsp3) is 0.231. The van der Waals surface area contributed by atoms with Crippen molar-refractivity contribution in [3.05, 3.63) is 59.2 Å². The zero-order chi connectivity index (χ0) is 11.0. The van der Waals surface area contributed by atoms with Gasteiger partial charge in [0.1, 0.15) is 5.82 Å². The van der Waals surface area contributed by atoms with Crippen LogP contribution in [0.2, 0.25) is 0 Å². The maximum absolute atomic E-state index is 8.92. The zero-order valence-electron chi connectivity index (χ0n) is 8.80. The molecule has 0 amide bonds. The number of benzene rings is 1. The van der Waals surface area contributed by atoms with Gasteiger partial charge in [-0.15, -0.1) is 0 Å². The first kappa shape index (κ1) is 9.48. The van der Waals surface area contributed by atoms with Crippen LogP contribution in [0.4, 0.5) is 0 Å². The van der Waals surface area contributed by atoms with Crippen LogP contribution in [0.25, 0.3) is 0 Å². The minimum absolute atomic E-state index is 0.00152. The summed E-state index contributed by atoms with van der Waals surface area (Å²) >= 11 is 0. The number of fused-ring (bicyclic) bond motifs is 1. The van der Waals surface area contributed by atoms with Crippen molar-refractivity contribution in [2.24, 2.45) is 0 Å². The molecule has 1 heterocycles. The second-order valence-electron chi connectivity index (χ2n) is 4.06. The highest BCUT2D eigenvalue weighted by Gasteiger charge is 2.28. The third-order valence-corrected chi connectivity index (χ3v) is 3.07. The molecule has 1 atom stereocenters. The van der Waals surface area contributed by atoms with Gasteiger partial charge < -0.3 is 5.11 Å². The van der Waals surface area contributed by atoms with Gasteiger partial charge in [0.05, 0.1) is 6.61 Å². The zero-order valence-corrected chi connectivity index (χ0v) is 8.80. The Morgan fingerprint density at radius 1 is 1.19 bits per heavy atom. The van der Waals surface area contributed by atoms with E-state index in [1.807, 2.05) is 6.07 Å². The van der Waals surface area contributed by atoms with E-state index in [0.717, 1.165) is 17.8 Å². The Morgan fingerprint density at radius 2 is 1.94 bits per heavy atom. The maximum atomic E-state index is 8.92. The van der Waals surface area contributed by atoms with E-state index in [-0.39, 0.29) is 6.61 Å². The summed E-state index contributed by atoms with van der Waals surface area (Å²) in [5.74, 6) is 1.19. The summed E-state index contributed by atoms with van der Waals surface area (Å²) in [6.07, 6.45) is 4.42. The second kappa shape index (κ2) is 3.68. The lowest BCUT2D eigenvalue weighted by atomic mass is 9.77. The van der Waals surface area contributed by atoms with Gasteiger partial charge in [0, 0.05) is 23.9 Å². The predicted molar refractivity (Wildman–Crippen MR) is 59.9 cm³/mol. The van der Waals surface area contributed by atoms with Crippen molar-refractivity contribution < 1.29 is 5.11 Å². The van der Waals surface area contributed by atoms with E-state index in [1.165, 1.54) is 11.1 Å². The first-order valence-corrected chi connectivity index (χ1v) is 5.38. The van der Waals surface area contributed by atoms with Crippen molar-refractivity contribution in [2.45, 2.75) is 18.9 Å². The van der Waals surface area contributed by atoms with E-state index in [4.69, 9.17) is 5.11 Å². The number of hydrogen-bond acceptors (Lipinski definition) is 3. The molecule has 3 nitrogen and oxygen atoms in total. The SMILES string of the molecule is OCc1cnc(C2Cc3ccccc32)nc1. The molecule has 0 radical (unpaired) electrons. The number of nitrogens with zero attached hydrogens (tertiary/aromatic N) is 2. The summed E-state index contributed by atoms with van der Waals surface area (Å²) in [6, 6.07) is 8.39. The van der Waals surface area contributed by atoms with Gasteiger partial charge in [-0.3, -0.25) is 0 Å². The highest BCUT2D eigenvalue weighted by Crippen LogP contribution is 2.37. The maximum Gasteiger partial charge on any atom is 0.136 e. The Kier molecular flexibility index (Phi) is 2.18. The van der Waals surface area contributed by atoms with Crippen molar-refractivity contribution in [3.8, 4) is 0 Å². The average Bonchev–Trinajstić information content (AvgIpc) is 2.32. The molecule has 0 aliphatic heterocycles. The van der Waals surface area contributed by atoms with Crippen molar-refractivity contribution in [1.82, 2.24) is 9.97 Å². The Morgan fingerprint density at radius 3 is 2.62 bits per heavy atom. The molecule has 0 saturated carbocycles. The van der Waals surface area contributed by atoms with E-state index in [2.05, 4.69) is 28.2 Å². The molecule has 3 heteroatoms. The molecule has 1 aromatic carbocycles. The van der Waals surface area contributed by atoms with E-state index in [0.29, 0.717) is 5.92 Å². The minimum Gasteiger partial charge on any atom is -0.392 e. The molecule has 2 aromatic rings. The Balaban J connectivity index is 1.90. The van der Waals surface area contributed by atoms with Crippen LogP contribution in [0.5, 0.6) is 0 Å². The number of aliphatic hydroxyl groups excluding tert-OH is 1. The highest BCUT2D eigenvalue weighted by molar-refractivity contribution is 5.43. The summed E-state index contributed by atoms with van der Waals surface area (Å²) in [7, 11) is 0. The van der Waals surface area contributed by atoms with E-state index >= 15 is 0 Å². The van der Waals surface area contributed by atoms with Gasteiger partial charge in [0.2, 0.25) is 0 Å². The molecular formula is C13H12N2O. The summed E-state index contributed by atoms with van der Waals surface area (Å²) in [4.78, 5) is 8.60. The lowest BCUT2D eigenvalue weighted by Gasteiger charge is -2.28. The van der Waals surface area contributed by atoms with Crippen LogP contribution in [-0.2, 0) is 13.0 Å². The van der Waals surface area contributed by atoms with Gasteiger partial charge in [-0.05, 0) is 17.5 Å². The normalized spacial score (nSPS) is 17.7. The summed E-state index contributed by atoms with van der Waals surface area (Å²) in [5, 5.41) is 8.92. The first-order chi connectivity index (χ1) is 7.88. The fourth-order valence-electron chi connectivity index (χ4n) is 2.12. The van der Waals surface area contributed by atoms with Crippen LogP contribution >= 0.6 is 0 Å². The predicted octanol–water partition coefficient (Wildman–Crippen LogP) is 1.66. The molecule has 1 aromatic heterocycles. The largest absolute Gasteiger partial charge is 0.392 e. The van der Waals surface area contributed by atoms with Crippen molar-refractivity contribution in [1.29, 1.82) is 0 Å². The van der Waals surface area contributed by atoms with Gasteiger partial charge in [-0.25, -0.2) is 9.97 Å². The Bertz CT molecular complexity index is 508.